The Balaban J connectivity index is 1.68. The van der Waals surface area contributed by atoms with Crippen molar-refractivity contribution in [2.75, 3.05) is 6.61 Å². The van der Waals surface area contributed by atoms with Crippen LogP contribution in [-0.4, -0.2) is 6.61 Å². The van der Waals surface area contributed by atoms with Crippen LogP contribution < -0.4 is 4.74 Å². The van der Waals surface area contributed by atoms with Crippen LogP contribution in [0.3, 0.4) is 0 Å². The molecule has 0 saturated heterocycles. The fourth-order valence-corrected chi connectivity index (χ4v) is 5.40. The molecule has 0 bridgehead atoms. The molecule has 150 valence electrons. The molecule has 2 aromatic rings. The summed E-state index contributed by atoms with van der Waals surface area (Å²) in [6.45, 7) is 6.04. The first-order chi connectivity index (χ1) is 13.5. The second-order valence-electron chi connectivity index (χ2n) is 8.64. The topological polar surface area (TPSA) is 9.23 Å². The average molecular weight is 388 g/mol. The minimum absolute atomic E-state index is 0.0724. The molecule has 2 aromatic carbocycles. The van der Waals surface area contributed by atoms with Gasteiger partial charge in [0, 0.05) is 11.6 Å². The molecule has 0 amide bonds. The third kappa shape index (κ3) is 3.54. The van der Waals surface area contributed by atoms with Crippen molar-refractivity contribution in [2.24, 2.45) is 17.8 Å². The first-order valence-corrected chi connectivity index (χ1v) is 10.3. The molecule has 4 heteroatoms. The molecule has 0 spiro atoms. The third-order valence-corrected chi connectivity index (χ3v) is 6.74. The molecule has 0 N–H and O–H groups in total. The molecule has 0 aliphatic heterocycles. The average Bonchev–Trinajstić information content (AvgIpc) is 2.65. The highest BCUT2D eigenvalue weighted by Crippen LogP contribution is 2.49. The lowest BCUT2D eigenvalue weighted by molar-refractivity contribution is 0.123. The summed E-state index contributed by atoms with van der Waals surface area (Å²) in [7, 11) is 0. The van der Waals surface area contributed by atoms with Crippen LogP contribution in [-0.2, 0) is 0 Å². The van der Waals surface area contributed by atoms with E-state index in [4.69, 9.17) is 4.74 Å². The van der Waals surface area contributed by atoms with Crippen LogP contribution in [0.5, 0.6) is 5.75 Å². The van der Waals surface area contributed by atoms with E-state index < -0.39 is 17.5 Å². The van der Waals surface area contributed by atoms with E-state index in [9.17, 15) is 8.78 Å². The predicted octanol–water partition coefficient (Wildman–Crippen LogP) is 7.14. The molecule has 2 aliphatic rings. The van der Waals surface area contributed by atoms with Gasteiger partial charge in [0.2, 0.25) is 0 Å². The van der Waals surface area contributed by atoms with Crippen molar-refractivity contribution in [3.63, 3.8) is 0 Å². The number of hydrogen-bond acceptors (Lipinski definition) is 1. The van der Waals surface area contributed by atoms with Crippen molar-refractivity contribution in [1.82, 2.24) is 0 Å². The van der Waals surface area contributed by atoms with Crippen molar-refractivity contribution in [3.8, 4) is 5.75 Å². The van der Waals surface area contributed by atoms with Gasteiger partial charge in [-0.05, 0) is 73.3 Å². The van der Waals surface area contributed by atoms with Gasteiger partial charge in [0.15, 0.2) is 0 Å². The van der Waals surface area contributed by atoms with Crippen LogP contribution >= 0.6 is 0 Å². The van der Waals surface area contributed by atoms with Crippen LogP contribution in [0.2, 0.25) is 0 Å². The van der Waals surface area contributed by atoms with E-state index >= 15 is 4.39 Å². The first-order valence-electron chi connectivity index (χ1n) is 10.3. The Morgan fingerprint density at radius 1 is 1.00 bits per heavy atom. The van der Waals surface area contributed by atoms with Gasteiger partial charge in [0.25, 0.3) is 0 Å². The van der Waals surface area contributed by atoms with Crippen LogP contribution in [0.25, 0.3) is 10.8 Å². The van der Waals surface area contributed by atoms with Crippen molar-refractivity contribution >= 4 is 10.8 Å². The van der Waals surface area contributed by atoms with Gasteiger partial charge in [-0.2, -0.15) is 0 Å². The minimum atomic E-state index is -0.740. The highest BCUT2D eigenvalue weighted by Gasteiger charge is 2.37. The van der Waals surface area contributed by atoms with E-state index in [1.807, 2.05) is 0 Å². The summed E-state index contributed by atoms with van der Waals surface area (Å²) in [5, 5.41) is 0.0553. The van der Waals surface area contributed by atoms with Gasteiger partial charge in [-0.3, -0.25) is 0 Å². The van der Waals surface area contributed by atoms with E-state index in [0.29, 0.717) is 11.8 Å². The zero-order chi connectivity index (χ0) is 19.8. The lowest BCUT2D eigenvalue weighted by Crippen LogP contribution is -2.30. The lowest BCUT2D eigenvalue weighted by atomic mass is 9.64. The summed E-state index contributed by atoms with van der Waals surface area (Å²) in [6, 6.07) is 3.90. The standard InChI is InChI=1S/C24H27F3O/c1-3-8-28-19-11-18-12-20(25)22(24(27)23(18)21(26)13-19)17-7-6-15-9-14(2)4-5-16(15)10-17/h3,11-17H,1,4-10H2,2H3/t14?,15-,16?,17-/m1/s1. The summed E-state index contributed by atoms with van der Waals surface area (Å²) in [4.78, 5) is 0. The number of ether oxygens (including phenoxy) is 1. The molecule has 2 aliphatic carbocycles. The molecule has 1 nitrogen and oxygen atoms in total. The molecule has 4 rings (SSSR count). The minimum Gasteiger partial charge on any atom is -0.489 e. The van der Waals surface area contributed by atoms with Crippen molar-refractivity contribution in [2.45, 2.75) is 51.4 Å². The summed E-state index contributed by atoms with van der Waals surface area (Å²) >= 11 is 0. The maximum atomic E-state index is 15.3. The Morgan fingerprint density at radius 3 is 2.54 bits per heavy atom. The molecule has 0 aromatic heterocycles. The Kier molecular flexibility index (Phi) is 5.39. The maximum Gasteiger partial charge on any atom is 0.140 e. The normalized spacial score (nSPS) is 27.4. The van der Waals surface area contributed by atoms with Crippen LogP contribution in [0.4, 0.5) is 13.2 Å². The Labute approximate surface area is 164 Å². The molecule has 28 heavy (non-hydrogen) atoms. The zero-order valence-electron chi connectivity index (χ0n) is 16.3. The van der Waals surface area contributed by atoms with Crippen molar-refractivity contribution in [3.05, 3.63) is 53.9 Å². The molecule has 4 atom stereocenters. The molecular formula is C24H27F3O. The quantitative estimate of drug-likeness (QED) is 0.506. The van der Waals surface area contributed by atoms with Crippen molar-refractivity contribution < 1.29 is 17.9 Å². The van der Waals surface area contributed by atoms with E-state index in [1.165, 1.54) is 31.1 Å². The van der Waals surface area contributed by atoms with Gasteiger partial charge in [0.1, 0.15) is 29.8 Å². The Morgan fingerprint density at radius 2 is 1.75 bits per heavy atom. The van der Waals surface area contributed by atoms with Crippen molar-refractivity contribution in [1.29, 1.82) is 0 Å². The van der Waals surface area contributed by atoms with Crippen LogP contribution in [0.15, 0.2) is 30.9 Å². The van der Waals surface area contributed by atoms with E-state index in [-0.39, 0.29) is 34.6 Å². The van der Waals surface area contributed by atoms with Gasteiger partial charge in [0.05, 0.1) is 5.39 Å². The summed E-state index contributed by atoms with van der Waals surface area (Å²) in [5.74, 6) is 0.00242. The number of rotatable bonds is 4. The lowest BCUT2D eigenvalue weighted by Gasteiger charge is -2.41. The van der Waals surface area contributed by atoms with E-state index in [1.54, 1.807) is 0 Å². The summed E-state index contributed by atoms with van der Waals surface area (Å²) < 4.78 is 50.2. The smallest absolute Gasteiger partial charge is 0.140 e. The SMILES string of the molecule is C=CCOc1cc(F)c2c(F)c([C@@H]3CC[C@@H]4CC(C)CCC4C3)c(F)cc2c1. The number of benzene rings is 2. The van der Waals surface area contributed by atoms with Crippen LogP contribution in [0.1, 0.15) is 56.9 Å². The Bertz CT molecular complexity index is 891. The molecule has 2 fully saturated rings. The fraction of sp³-hybridized carbons (Fsp3) is 0.500. The molecule has 2 saturated carbocycles. The largest absolute Gasteiger partial charge is 0.489 e. The maximum absolute atomic E-state index is 15.3. The zero-order valence-corrected chi connectivity index (χ0v) is 16.3. The molecule has 0 heterocycles. The number of halogens is 3. The number of hydrogen-bond donors (Lipinski definition) is 0. The summed E-state index contributed by atoms with van der Waals surface area (Å²) in [6.07, 6.45) is 7.68. The van der Waals surface area contributed by atoms with E-state index in [0.717, 1.165) is 37.7 Å². The predicted molar refractivity (Wildman–Crippen MR) is 106 cm³/mol. The number of fused-ring (bicyclic) bond motifs is 2. The van der Waals surface area contributed by atoms with Gasteiger partial charge in [-0.25, -0.2) is 13.2 Å². The second kappa shape index (κ2) is 7.81. The monoisotopic (exact) mass is 388 g/mol. The van der Waals surface area contributed by atoms with Crippen LogP contribution in [0, 0.1) is 35.2 Å². The van der Waals surface area contributed by atoms with Gasteiger partial charge in [-0.1, -0.05) is 26.0 Å². The van der Waals surface area contributed by atoms with Gasteiger partial charge in [-0.15, -0.1) is 0 Å². The Hall–Kier alpha value is -1.97. The molecular weight excluding hydrogens is 361 g/mol. The first kappa shape index (κ1) is 19.4. The van der Waals surface area contributed by atoms with Gasteiger partial charge < -0.3 is 4.74 Å². The highest BCUT2D eigenvalue weighted by atomic mass is 19.1. The van der Waals surface area contributed by atoms with Gasteiger partial charge >= 0.3 is 0 Å². The van der Waals surface area contributed by atoms with E-state index in [2.05, 4.69) is 13.5 Å². The second-order valence-corrected chi connectivity index (χ2v) is 8.64. The third-order valence-electron chi connectivity index (χ3n) is 6.74. The molecule has 2 unspecified atom stereocenters. The molecule has 0 radical (unpaired) electrons. The fourth-order valence-electron chi connectivity index (χ4n) is 5.40. The highest BCUT2D eigenvalue weighted by molar-refractivity contribution is 5.86. The summed E-state index contributed by atoms with van der Waals surface area (Å²) in [5.41, 5.74) is 0.0724.